The van der Waals surface area contributed by atoms with Gasteiger partial charge in [-0.1, -0.05) is 11.6 Å². The molecule has 0 spiro atoms. The van der Waals surface area contributed by atoms with Crippen molar-refractivity contribution in [3.05, 3.63) is 41.4 Å². The number of benzene rings is 1. The average Bonchev–Trinajstić information content (AvgIpc) is 2.44. The van der Waals surface area contributed by atoms with Crippen LogP contribution >= 0.6 is 11.6 Å². The molecule has 6 nitrogen and oxygen atoms in total. The minimum atomic E-state index is -3.99. The number of hydrogen-bond acceptors (Lipinski definition) is 5. The number of aromatic nitrogens is 2. The molecular formula is C12H12ClFN4O2S. The Hall–Kier alpha value is -1.93. The molecule has 21 heavy (non-hydrogen) atoms. The summed E-state index contributed by atoms with van der Waals surface area (Å²) in [6.07, 6.45) is 2.27. The molecule has 0 radical (unpaired) electrons. The third-order valence-electron chi connectivity index (χ3n) is 2.45. The second-order valence-electron chi connectivity index (χ2n) is 4.00. The van der Waals surface area contributed by atoms with Gasteiger partial charge < -0.3 is 5.32 Å². The summed E-state index contributed by atoms with van der Waals surface area (Å²) in [6, 6.07) is 3.58. The monoisotopic (exact) mass is 330 g/mol. The first-order valence-corrected chi connectivity index (χ1v) is 7.82. The molecule has 0 atom stereocenters. The Morgan fingerprint density at radius 2 is 1.95 bits per heavy atom. The number of hydrogen-bond donors (Lipinski definition) is 2. The van der Waals surface area contributed by atoms with E-state index in [1.54, 1.807) is 0 Å². The molecule has 0 saturated heterocycles. The number of anilines is 2. The van der Waals surface area contributed by atoms with Gasteiger partial charge in [-0.2, -0.15) is 0 Å². The highest BCUT2D eigenvalue weighted by molar-refractivity contribution is 7.92. The summed E-state index contributed by atoms with van der Waals surface area (Å²) in [6.45, 7) is 2.47. The number of sulfonamides is 1. The number of halogens is 2. The SMILES string of the molecule is CCNc1ncc(S(=O)(=O)Nc2cc(Cl)ccc2F)cn1. The fourth-order valence-electron chi connectivity index (χ4n) is 1.48. The molecule has 1 aromatic carbocycles. The maximum atomic E-state index is 13.6. The van der Waals surface area contributed by atoms with Gasteiger partial charge in [0, 0.05) is 11.6 Å². The van der Waals surface area contributed by atoms with E-state index in [0.717, 1.165) is 18.5 Å². The smallest absolute Gasteiger partial charge is 0.265 e. The van der Waals surface area contributed by atoms with Gasteiger partial charge in [0.05, 0.1) is 18.1 Å². The fourth-order valence-corrected chi connectivity index (χ4v) is 2.60. The standard InChI is InChI=1S/C12H12ClFN4O2S/c1-2-15-12-16-6-9(7-17-12)21(19,20)18-11-5-8(13)3-4-10(11)14/h3-7,18H,2H2,1H3,(H,15,16,17). The van der Waals surface area contributed by atoms with E-state index in [1.807, 2.05) is 6.92 Å². The van der Waals surface area contributed by atoms with Gasteiger partial charge in [0.1, 0.15) is 10.7 Å². The van der Waals surface area contributed by atoms with Crippen LogP contribution in [0.25, 0.3) is 0 Å². The van der Waals surface area contributed by atoms with Crippen LogP contribution in [-0.2, 0) is 10.0 Å². The van der Waals surface area contributed by atoms with Crippen LogP contribution in [0, 0.1) is 5.82 Å². The van der Waals surface area contributed by atoms with Crippen molar-refractivity contribution in [2.24, 2.45) is 0 Å². The lowest BCUT2D eigenvalue weighted by Crippen LogP contribution is -2.15. The van der Waals surface area contributed by atoms with Gasteiger partial charge in [-0.05, 0) is 25.1 Å². The Labute approximate surface area is 126 Å². The molecule has 0 unspecified atom stereocenters. The zero-order valence-electron chi connectivity index (χ0n) is 11.0. The van der Waals surface area contributed by atoms with E-state index in [1.165, 1.54) is 12.1 Å². The zero-order valence-corrected chi connectivity index (χ0v) is 12.5. The molecule has 0 bridgehead atoms. The maximum Gasteiger partial charge on any atom is 0.265 e. The van der Waals surface area contributed by atoms with Crippen molar-refractivity contribution in [2.75, 3.05) is 16.6 Å². The molecule has 0 aliphatic rings. The van der Waals surface area contributed by atoms with E-state index >= 15 is 0 Å². The Balaban J connectivity index is 2.27. The molecule has 112 valence electrons. The Kier molecular flexibility index (Phi) is 4.59. The molecule has 2 rings (SSSR count). The summed E-state index contributed by atoms with van der Waals surface area (Å²) in [5.41, 5.74) is -0.238. The quantitative estimate of drug-likeness (QED) is 0.880. The fraction of sp³-hybridized carbons (Fsp3) is 0.167. The van der Waals surface area contributed by atoms with Crippen LogP contribution in [-0.4, -0.2) is 24.9 Å². The third kappa shape index (κ3) is 3.79. The van der Waals surface area contributed by atoms with Crippen molar-refractivity contribution >= 4 is 33.3 Å². The topological polar surface area (TPSA) is 84.0 Å². The highest BCUT2D eigenvalue weighted by atomic mass is 35.5. The van der Waals surface area contributed by atoms with Crippen LogP contribution in [0.2, 0.25) is 5.02 Å². The normalized spacial score (nSPS) is 11.2. The lowest BCUT2D eigenvalue weighted by Gasteiger charge is -2.09. The van der Waals surface area contributed by atoms with Crippen molar-refractivity contribution in [3.63, 3.8) is 0 Å². The van der Waals surface area contributed by atoms with Gasteiger partial charge in [0.25, 0.3) is 10.0 Å². The summed E-state index contributed by atoms with van der Waals surface area (Å²) in [5.74, 6) is -0.418. The number of nitrogens with zero attached hydrogens (tertiary/aromatic N) is 2. The molecule has 0 aliphatic heterocycles. The maximum absolute atomic E-state index is 13.6. The van der Waals surface area contributed by atoms with E-state index in [2.05, 4.69) is 20.0 Å². The van der Waals surface area contributed by atoms with Crippen molar-refractivity contribution in [1.82, 2.24) is 9.97 Å². The van der Waals surface area contributed by atoms with E-state index in [0.29, 0.717) is 12.5 Å². The van der Waals surface area contributed by atoms with E-state index < -0.39 is 15.8 Å². The molecule has 2 N–H and O–H groups in total. The second kappa shape index (κ2) is 6.23. The summed E-state index contributed by atoms with van der Waals surface area (Å²) in [4.78, 5) is 7.53. The first-order valence-electron chi connectivity index (χ1n) is 5.96. The molecule has 0 fully saturated rings. The van der Waals surface area contributed by atoms with Crippen LogP contribution in [0.4, 0.5) is 16.0 Å². The van der Waals surface area contributed by atoms with Gasteiger partial charge in [-0.3, -0.25) is 4.72 Å². The minimum absolute atomic E-state index is 0.177. The predicted octanol–water partition coefficient (Wildman–Crippen LogP) is 2.50. The first-order chi connectivity index (χ1) is 9.92. The van der Waals surface area contributed by atoms with Crippen LogP contribution in [0.5, 0.6) is 0 Å². The second-order valence-corrected chi connectivity index (χ2v) is 6.12. The molecule has 0 aliphatic carbocycles. The van der Waals surface area contributed by atoms with Crippen molar-refractivity contribution in [2.45, 2.75) is 11.8 Å². The highest BCUT2D eigenvalue weighted by Gasteiger charge is 2.17. The van der Waals surface area contributed by atoms with Gasteiger partial charge >= 0.3 is 0 Å². The van der Waals surface area contributed by atoms with Crippen LogP contribution in [0.3, 0.4) is 0 Å². The molecule has 9 heteroatoms. The summed E-state index contributed by atoms with van der Waals surface area (Å²) < 4.78 is 39.9. The summed E-state index contributed by atoms with van der Waals surface area (Å²) in [5, 5.41) is 3.05. The van der Waals surface area contributed by atoms with Crippen LogP contribution in [0.1, 0.15) is 6.92 Å². The Morgan fingerprint density at radius 1 is 1.29 bits per heavy atom. The molecular weight excluding hydrogens is 319 g/mol. The first kappa shape index (κ1) is 15.5. The van der Waals surface area contributed by atoms with Crippen molar-refractivity contribution in [1.29, 1.82) is 0 Å². The average molecular weight is 331 g/mol. The summed E-state index contributed by atoms with van der Waals surface area (Å²) >= 11 is 5.71. The van der Waals surface area contributed by atoms with Gasteiger partial charge in [-0.25, -0.2) is 22.8 Å². The molecule has 0 amide bonds. The zero-order chi connectivity index (χ0) is 15.5. The van der Waals surface area contributed by atoms with Gasteiger partial charge in [0.15, 0.2) is 0 Å². The Bertz CT molecular complexity index is 737. The number of rotatable bonds is 5. The van der Waals surface area contributed by atoms with E-state index in [9.17, 15) is 12.8 Å². The Morgan fingerprint density at radius 3 is 2.57 bits per heavy atom. The number of nitrogens with one attached hydrogen (secondary N) is 2. The highest BCUT2D eigenvalue weighted by Crippen LogP contribution is 2.22. The summed E-state index contributed by atoms with van der Waals surface area (Å²) in [7, 11) is -3.99. The molecule has 2 aromatic rings. The molecule has 1 aromatic heterocycles. The third-order valence-corrected chi connectivity index (χ3v) is 4.00. The largest absolute Gasteiger partial charge is 0.355 e. The molecule has 1 heterocycles. The van der Waals surface area contributed by atoms with Gasteiger partial charge in [-0.15, -0.1) is 0 Å². The van der Waals surface area contributed by atoms with Crippen molar-refractivity contribution < 1.29 is 12.8 Å². The van der Waals surface area contributed by atoms with E-state index in [4.69, 9.17) is 11.6 Å². The van der Waals surface area contributed by atoms with E-state index in [-0.39, 0.29) is 15.6 Å². The van der Waals surface area contributed by atoms with Gasteiger partial charge in [0.2, 0.25) is 5.95 Å². The lowest BCUT2D eigenvalue weighted by molar-refractivity contribution is 0.597. The molecule has 0 saturated carbocycles. The minimum Gasteiger partial charge on any atom is -0.355 e. The van der Waals surface area contributed by atoms with Crippen LogP contribution in [0.15, 0.2) is 35.5 Å². The lowest BCUT2D eigenvalue weighted by atomic mass is 10.3. The van der Waals surface area contributed by atoms with Crippen LogP contribution < -0.4 is 10.0 Å². The predicted molar refractivity (Wildman–Crippen MR) is 78.4 cm³/mol. The van der Waals surface area contributed by atoms with Crippen molar-refractivity contribution in [3.8, 4) is 0 Å².